The number of carbonyl (C=O) groups is 1. The van der Waals surface area contributed by atoms with Crippen LogP contribution in [0.1, 0.15) is 30.0 Å². The smallest absolute Gasteiger partial charge is 0.356 e. The number of aryl methyl sites for hydroxylation is 1. The van der Waals surface area contributed by atoms with E-state index in [-0.39, 0.29) is 0 Å². The molecule has 84 valence electrons. The molecular formula is C10H16N2O2S. The molecule has 0 bridgehead atoms. The monoisotopic (exact) mass is 228 g/mol. The molecule has 0 unspecified atom stereocenters. The molecular weight excluding hydrogens is 212 g/mol. The first-order valence-electron chi connectivity index (χ1n) is 4.65. The number of hydrogen-bond acceptors (Lipinski definition) is 5. The quantitative estimate of drug-likeness (QED) is 0.442. The lowest BCUT2D eigenvalue weighted by atomic mass is 10.3. The third-order valence-electron chi connectivity index (χ3n) is 1.41. The fraction of sp³-hybridized carbons (Fsp3) is 0.500. The maximum Gasteiger partial charge on any atom is 0.356 e. The number of ether oxygens (including phenoxy) is 1. The first-order valence-corrected chi connectivity index (χ1v) is 5.88. The van der Waals surface area contributed by atoms with Gasteiger partial charge >= 0.3 is 5.97 Å². The van der Waals surface area contributed by atoms with E-state index in [0.29, 0.717) is 10.9 Å². The molecule has 0 spiro atoms. The molecule has 1 aromatic heterocycles. The van der Waals surface area contributed by atoms with Gasteiger partial charge in [0.2, 0.25) is 0 Å². The number of aromatic nitrogens is 2. The zero-order valence-electron chi connectivity index (χ0n) is 9.70. The van der Waals surface area contributed by atoms with E-state index in [1.807, 2.05) is 27.0 Å². The molecule has 0 saturated carbocycles. The number of nitrogens with zero attached hydrogens (tertiary/aromatic N) is 2. The van der Waals surface area contributed by atoms with E-state index in [1.54, 1.807) is 6.07 Å². The van der Waals surface area contributed by atoms with Crippen LogP contribution in [0.3, 0.4) is 0 Å². The van der Waals surface area contributed by atoms with Crippen LogP contribution in [-0.2, 0) is 4.74 Å². The summed E-state index contributed by atoms with van der Waals surface area (Å²) in [4.78, 5) is 19.2. The summed E-state index contributed by atoms with van der Waals surface area (Å²) in [5.74, 6) is -0.430. The van der Waals surface area contributed by atoms with Crippen LogP contribution in [0, 0.1) is 6.92 Å². The molecule has 0 aliphatic heterocycles. The van der Waals surface area contributed by atoms with E-state index in [2.05, 4.69) is 14.7 Å². The fourth-order valence-electron chi connectivity index (χ4n) is 0.842. The average molecular weight is 228 g/mol. The number of carbonyl (C=O) groups excluding carboxylic acids is 1. The van der Waals surface area contributed by atoms with Crippen LogP contribution in [0.25, 0.3) is 0 Å². The molecule has 0 aliphatic carbocycles. The van der Waals surface area contributed by atoms with E-state index in [4.69, 9.17) is 0 Å². The van der Waals surface area contributed by atoms with Crippen molar-refractivity contribution in [2.24, 2.45) is 0 Å². The Balaban J connectivity index is 0.000000921. The molecule has 1 heterocycles. The largest absolute Gasteiger partial charge is 0.464 e. The molecule has 0 atom stereocenters. The van der Waals surface area contributed by atoms with Crippen LogP contribution >= 0.6 is 11.8 Å². The van der Waals surface area contributed by atoms with Crippen molar-refractivity contribution >= 4 is 17.7 Å². The Morgan fingerprint density at radius 3 is 2.47 bits per heavy atom. The Bertz CT molecular complexity index is 329. The summed E-state index contributed by atoms with van der Waals surface area (Å²) in [6, 6.07) is 1.60. The Morgan fingerprint density at radius 1 is 1.40 bits per heavy atom. The maximum atomic E-state index is 11.1. The molecule has 4 nitrogen and oxygen atoms in total. The number of methoxy groups -OCH3 is 1. The maximum absolute atomic E-state index is 11.1. The second-order valence-corrected chi connectivity index (χ2v) is 3.15. The van der Waals surface area contributed by atoms with Crippen molar-refractivity contribution in [1.82, 2.24) is 9.97 Å². The summed E-state index contributed by atoms with van der Waals surface area (Å²) < 4.78 is 4.55. The van der Waals surface area contributed by atoms with Gasteiger partial charge in [-0.15, -0.1) is 0 Å². The molecule has 1 aromatic rings. The molecule has 0 aliphatic rings. The minimum atomic E-state index is -0.430. The Kier molecular flexibility index (Phi) is 6.70. The lowest BCUT2D eigenvalue weighted by molar-refractivity contribution is 0.0592. The van der Waals surface area contributed by atoms with Crippen LogP contribution in [0.15, 0.2) is 11.2 Å². The molecule has 0 N–H and O–H groups in total. The van der Waals surface area contributed by atoms with Crippen molar-refractivity contribution in [3.63, 3.8) is 0 Å². The van der Waals surface area contributed by atoms with E-state index in [1.165, 1.54) is 18.9 Å². The number of thioether (sulfide) groups is 1. The third-order valence-corrected chi connectivity index (χ3v) is 1.96. The van der Waals surface area contributed by atoms with Crippen molar-refractivity contribution in [3.8, 4) is 0 Å². The summed E-state index contributed by atoms with van der Waals surface area (Å²) in [5.41, 5.74) is 1.07. The minimum absolute atomic E-state index is 0.305. The van der Waals surface area contributed by atoms with Gasteiger partial charge in [-0.05, 0) is 19.2 Å². The highest BCUT2D eigenvalue weighted by atomic mass is 32.2. The molecule has 0 amide bonds. The predicted molar refractivity (Wildman–Crippen MR) is 61.2 cm³/mol. The van der Waals surface area contributed by atoms with Gasteiger partial charge in [-0.1, -0.05) is 25.6 Å². The molecule has 15 heavy (non-hydrogen) atoms. The Morgan fingerprint density at radius 2 is 2.00 bits per heavy atom. The highest BCUT2D eigenvalue weighted by Gasteiger charge is 2.09. The summed E-state index contributed by atoms with van der Waals surface area (Å²) in [6.07, 6.45) is 1.86. The van der Waals surface area contributed by atoms with Crippen molar-refractivity contribution in [2.75, 3.05) is 13.4 Å². The second kappa shape index (κ2) is 7.23. The molecule has 0 saturated heterocycles. The normalized spacial score (nSPS) is 8.87. The first-order chi connectivity index (χ1) is 7.17. The van der Waals surface area contributed by atoms with Crippen LogP contribution in [0.4, 0.5) is 0 Å². The van der Waals surface area contributed by atoms with E-state index in [0.717, 1.165) is 5.69 Å². The summed E-state index contributed by atoms with van der Waals surface area (Å²) in [7, 11) is 1.33. The lowest BCUT2D eigenvalue weighted by Gasteiger charge is -2.01. The standard InChI is InChI=1S/C8H10N2O2S.C2H6/c1-5-4-6(7(11)12-2)10-8(9-5)13-3;1-2/h4H,1-3H3;1-2H3. The second-order valence-electron chi connectivity index (χ2n) is 2.37. The van der Waals surface area contributed by atoms with Gasteiger partial charge in [0, 0.05) is 5.69 Å². The third kappa shape index (κ3) is 4.29. The first kappa shape index (κ1) is 13.9. The van der Waals surface area contributed by atoms with Gasteiger partial charge in [-0.3, -0.25) is 0 Å². The van der Waals surface area contributed by atoms with Gasteiger partial charge in [0.1, 0.15) is 0 Å². The van der Waals surface area contributed by atoms with Crippen molar-refractivity contribution in [2.45, 2.75) is 25.9 Å². The minimum Gasteiger partial charge on any atom is -0.464 e. The van der Waals surface area contributed by atoms with Gasteiger partial charge < -0.3 is 4.74 Å². The van der Waals surface area contributed by atoms with Crippen molar-refractivity contribution in [3.05, 3.63) is 17.5 Å². The van der Waals surface area contributed by atoms with Gasteiger partial charge in [-0.25, -0.2) is 14.8 Å². The van der Waals surface area contributed by atoms with Crippen molar-refractivity contribution < 1.29 is 9.53 Å². The number of rotatable bonds is 2. The van der Waals surface area contributed by atoms with Gasteiger partial charge in [-0.2, -0.15) is 0 Å². The van der Waals surface area contributed by atoms with Gasteiger partial charge in [0.15, 0.2) is 10.9 Å². The fourth-order valence-corrected chi connectivity index (χ4v) is 1.27. The number of hydrogen-bond donors (Lipinski definition) is 0. The lowest BCUT2D eigenvalue weighted by Crippen LogP contribution is -2.06. The van der Waals surface area contributed by atoms with E-state index >= 15 is 0 Å². The zero-order chi connectivity index (χ0) is 11.8. The summed E-state index contributed by atoms with van der Waals surface area (Å²) >= 11 is 1.40. The van der Waals surface area contributed by atoms with Crippen LogP contribution in [0.5, 0.6) is 0 Å². The SMILES string of the molecule is CC.COC(=O)c1cc(C)nc(SC)n1. The highest BCUT2D eigenvalue weighted by molar-refractivity contribution is 7.98. The summed E-state index contributed by atoms with van der Waals surface area (Å²) in [5, 5.41) is 0.584. The molecule has 1 rings (SSSR count). The number of esters is 1. The Labute approximate surface area is 94.5 Å². The van der Waals surface area contributed by atoms with Crippen molar-refractivity contribution in [1.29, 1.82) is 0 Å². The van der Waals surface area contributed by atoms with Crippen LogP contribution in [-0.4, -0.2) is 29.3 Å². The van der Waals surface area contributed by atoms with E-state index < -0.39 is 5.97 Å². The molecule has 0 aromatic carbocycles. The van der Waals surface area contributed by atoms with Gasteiger partial charge in [0.25, 0.3) is 0 Å². The molecule has 0 radical (unpaired) electrons. The van der Waals surface area contributed by atoms with E-state index in [9.17, 15) is 4.79 Å². The molecule has 0 fully saturated rings. The zero-order valence-corrected chi connectivity index (χ0v) is 10.5. The molecule has 5 heteroatoms. The topological polar surface area (TPSA) is 52.1 Å². The van der Waals surface area contributed by atoms with Crippen LogP contribution in [0.2, 0.25) is 0 Å². The highest BCUT2D eigenvalue weighted by Crippen LogP contribution is 2.10. The summed E-state index contributed by atoms with van der Waals surface area (Å²) in [6.45, 7) is 5.81. The Hall–Kier alpha value is -1.10. The predicted octanol–water partition coefficient (Wildman–Crippen LogP) is 2.32. The van der Waals surface area contributed by atoms with Crippen LogP contribution < -0.4 is 0 Å². The average Bonchev–Trinajstić information content (AvgIpc) is 2.29. The van der Waals surface area contributed by atoms with Gasteiger partial charge in [0.05, 0.1) is 7.11 Å².